The number of methoxy groups -OCH3 is 1. The monoisotopic (exact) mass is 505 g/mol. The number of amides is 1. The molecule has 196 valence electrons. The number of nitrogens with zero attached hydrogens (tertiary/aromatic N) is 9. The molecule has 0 bridgehead atoms. The fourth-order valence-corrected chi connectivity index (χ4v) is 6.29. The molecule has 0 radical (unpaired) electrons. The summed E-state index contributed by atoms with van der Waals surface area (Å²) in [6, 6.07) is 3.61. The Bertz CT molecular complexity index is 1110. The van der Waals surface area contributed by atoms with Gasteiger partial charge in [-0.25, -0.2) is 30.0 Å². The smallest absolute Gasteiger partial charge is 0.279 e. The van der Waals surface area contributed by atoms with Crippen LogP contribution in [0.25, 0.3) is 5.57 Å². The van der Waals surface area contributed by atoms with Crippen molar-refractivity contribution in [3.8, 4) is 0 Å². The summed E-state index contributed by atoms with van der Waals surface area (Å²) in [5, 5.41) is 4.11. The lowest BCUT2D eigenvalue weighted by Crippen LogP contribution is -2.75. The van der Waals surface area contributed by atoms with E-state index in [1.165, 1.54) is 0 Å². The maximum Gasteiger partial charge on any atom is 0.279 e. The van der Waals surface area contributed by atoms with Crippen molar-refractivity contribution in [2.24, 2.45) is 0 Å². The lowest BCUT2D eigenvalue weighted by Gasteiger charge is -2.59. The Morgan fingerprint density at radius 1 is 0.811 bits per heavy atom. The van der Waals surface area contributed by atoms with Gasteiger partial charge < -0.3 is 9.64 Å². The van der Waals surface area contributed by atoms with Crippen molar-refractivity contribution < 1.29 is 9.53 Å². The topological polar surface area (TPSA) is 94.1 Å². The van der Waals surface area contributed by atoms with Gasteiger partial charge >= 0.3 is 0 Å². The number of hydrogen-bond acceptors (Lipinski definition) is 10. The third-order valence-corrected chi connectivity index (χ3v) is 7.79. The minimum atomic E-state index is -1.06. The van der Waals surface area contributed by atoms with Crippen molar-refractivity contribution in [1.29, 1.82) is 0 Å². The molecular weight excluding hydrogens is 470 g/mol. The summed E-state index contributed by atoms with van der Waals surface area (Å²) < 4.78 is 5.92. The zero-order valence-corrected chi connectivity index (χ0v) is 21.5. The first kappa shape index (κ1) is 24.2. The van der Waals surface area contributed by atoms with E-state index in [0.29, 0.717) is 17.2 Å². The Hall–Kier alpha value is -3.15. The first-order valence-corrected chi connectivity index (χ1v) is 13.4. The molecule has 37 heavy (non-hydrogen) atoms. The van der Waals surface area contributed by atoms with Gasteiger partial charge in [-0.05, 0) is 50.7 Å². The van der Waals surface area contributed by atoms with Crippen LogP contribution in [0.4, 0.5) is 0 Å². The normalized spacial score (nSPS) is 25.6. The molecule has 0 N–H and O–H groups in total. The van der Waals surface area contributed by atoms with E-state index in [9.17, 15) is 4.79 Å². The van der Waals surface area contributed by atoms with Gasteiger partial charge in [0.1, 0.15) is 18.1 Å². The fourth-order valence-electron chi connectivity index (χ4n) is 6.29. The molecule has 4 aliphatic heterocycles. The van der Waals surface area contributed by atoms with Crippen LogP contribution < -0.4 is 0 Å². The lowest BCUT2D eigenvalue weighted by atomic mass is 10.0. The highest BCUT2D eigenvalue weighted by Gasteiger charge is 2.62. The summed E-state index contributed by atoms with van der Waals surface area (Å²) >= 11 is 0. The Morgan fingerprint density at radius 3 is 2.00 bits per heavy atom. The van der Waals surface area contributed by atoms with E-state index in [1.807, 2.05) is 11.1 Å². The predicted molar refractivity (Wildman–Crippen MR) is 136 cm³/mol. The second kappa shape index (κ2) is 10.3. The number of hydrogen-bond donors (Lipinski definition) is 0. The average molecular weight is 506 g/mol. The molecule has 0 saturated carbocycles. The van der Waals surface area contributed by atoms with Crippen molar-refractivity contribution in [1.82, 2.24) is 44.7 Å². The van der Waals surface area contributed by atoms with Gasteiger partial charge in [-0.15, -0.1) is 0 Å². The van der Waals surface area contributed by atoms with Crippen molar-refractivity contribution in [3.05, 3.63) is 54.4 Å². The number of hydrazine groups is 1. The van der Waals surface area contributed by atoms with Crippen molar-refractivity contribution >= 4 is 11.5 Å². The summed E-state index contributed by atoms with van der Waals surface area (Å²) in [6.45, 7) is 5.22. The molecule has 1 unspecified atom stereocenters. The van der Waals surface area contributed by atoms with Crippen LogP contribution in [-0.2, 0) is 15.3 Å². The molecule has 1 amide bonds. The molecule has 0 aliphatic carbocycles. The maximum atomic E-state index is 14.9. The Kier molecular flexibility index (Phi) is 6.74. The highest BCUT2D eigenvalue weighted by Crippen LogP contribution is 2.48. The molecule has 11 nitrogen and oxygen atoms in total. The van der Waals surface area contributed by atoms with Crippen LogP contribution in [0.2, 0.25) is 0 Å². The van der Waals surface area contributed by atoms with E-state index in [0.717, 1.165) is 83.6 Å². The molecule has 0 aromatic carbocycles. The molecule has 4 aliphatic rings. The van der Waals surface area contributed by atoms with Crippen LogP contribution in [-0.4, -0.2) is 104 Å². The SMILES string of the molecule is COCN1C(N2CCCC2)=C(c2ncccn2)C(=O)N(N2CCCC2)C1(c1ncccn1)N1CCCC1. The molecule has 6 rings (SSSR count). The van der Waals surface area contributed by atoms with Gasteiger partial charge in [0.15, 0.2) is 11.6 Å². The van der Waals surface area contributed by atoms with Crippen LogP contribution in [0, 0.1) is 0 Å². The number of carbonyl (C=O) groups is 1. The minimum Gasteiger partial charge on any atom is -0.364 e. The Balaban J connectivity index is 1.68. The second-order valence-electron chi connectivity index (χ2n) is 9.99. The van der Waals surface area contributed by atoms with Crippen LogP contribution >= 0.6 is 0 Å². The van der Waals surface area contributed by atoms with Gasteiger partial charge in [0.05, 0.1) is 0 Å². The number of rotatable bonds is 7. The fraction of sp³-hybridized carbons (Fsp3) is 0.577. The van der Waals surface area contributed by atoms with E-state index in [1.54, 1.807) is 38.0 Å². The van der Waals surface area contributed by atoms with E-state index < -0.39 is 5.79 Å². The summed E-state index contributed by atoms with van der Waals surface area (Å²) in [6.07, 6.45) is 13.2. The zero-order chi connectivity index (χ0) is 25.2. The van der Waals surface area contributed by atoms with Gasteiger partial charge in [0.2, 0.25) is 0 Å². The molecule has 11 heteroatoms. The van der Waals surface area contributed by atoms with E-state index >= 15 is 0 Å². The molecule has 2 aromatic heterocycles. The molecule has 0 spiro atoms. The van der Waals surface area contributed by atoms with E-state index in [2.05, 4.69) is 29.7 Å². The summed E-state index contributed by atoms with van der Waals surface area (Å²) in [4.78, 5) is 40.6. The van der Waals surface area contributed by atoms with E-state index in [4.69, 9.17) is 14.7 Å². The number of likely N-dealkylation sites (tertiary alicyclic amines) is 2. The summed E-state index contributed by atoms with van der Waals surface area (Å²) in [7, 11) is 1.71. The molecule has 3 fully saturated rings. The zero-order valence-electron chi connectivity index (χ0n) is 21.5. The van der Waals surface area contributed by atoms with Gasteiger partial charge in [0, 0.05) is 71.2 Å². The number of ether oxygens (including phenoxy) is 1. The van der Waals surface area contributed by atoms with Gasteiger partial charge in [-0.3, -0.25) is 14.6 Å². The largest absolute Gasteiger partial charge is 0.364 e. The quantitative estimate of drug-likeness (QED) is 0.553. The average Bonchev–Trinajstić information content (AvgIpc) is 3.74. The highest BCUT2D eigenvalue weighted by atomic mass is 16.5. The lowest BCUT2D eigenvalue weighted by molar-refractivity contribution is -0.256. The van der Waals surface area contributed by atoms with Crippen LogP contribution in [0.3, 0.4) is 0 Å². The first-order valence-electron chi connectivity index (χ1n) is 13.4. The van der Waals surface area contributed by atoms with Gasteiger partial charge in [0.25, 0.3) is 11.7 Å². The predicted octanol–water partition coefficient (Wildman–Crippen LogP) is 1.70. The minimum absolute atomic E-state index is 0.110. The highest BCUT2D eigenvalue weighted by molar-refractivity contribution is 6.19. The van der Waals surface area contributed by atoms with Crippen LogP contribution in [0.1, 0.15) is 50.2 Å². The number of carbonyl (C=O) groups excluding carboxylic acids is 1. The molecule has 6 heterocycles. The third kappa shape index (κ3) is 3.96. The maximum absolute atomic E-state index is 14.9. The van der Waals surface area contributed by atoms with Gasteiger partial charge in [-0.2, -0.15) is 0 Å². The molecular formula is C26H35N9O2. The Morgan fingerprint density at radius 2 is 1.38 bits per heavy atom. The van der Waals surface area contributed by atoms with Gasteiger partial charge in [-0.1, -0.05) is 0 Å². The molecule has 1 atom stereocenters. The van der Waals surface area contributed by atoms with Crippen LogP contribution in [0.15, 0.2) is 42.7 Å². The summed E-state index contributed by atoms with van der Waals surface area (Å²) in [5.41, 5.74) is 0.511. The van der Waals surface area contributed by atoms with Crippen molar-refractivity contribution in [3.63, 3.8) is 0 Å². The first-order chi connectivity index (χ1) is 18.3. The summed E-state index contributed by atoms with van der Waals surface area (Å²) in [5.74, 6) is 0.653. The molecule has 3 saturated heterocycles. The van der Waals surface area contributed by atoms with Crippen molar-refractivity contribution in [2.75, 3.05) is 53.1 Å². The van der Waals surface area contributed by atoms with E-state index in [-0.39, 0.29) is 12.6 Å². The molecule has 2 aromatic rings. The van der Waals surface area contributed by atoms with Crippen molar-refractivity contribution in [2.45, 2.75) is 44.3 Å². The standard InChI is InChI=1S/C26H35N9O2/c1-37-20-34-23(31-14-2-3-15-31)21(22-27-10-8-11-28-22)24(36)35(33-18-6-7-19-33)26(34,32-16-4-5-17-32)25-29-12-9-13-30-25/h8-13H,2-7,14-20H2,1H3. The number of aromatic nitrogens is 4. The Labute approximate surface area is 217 Å². The second-order valence-corrected chi connectivity index (χ2v) is 9.99. The van der Waals surface area contributed by atoms with Crippen LogP contribution in [0.5, 0.6) is 0 Å². The third-order valence-electron chi connectivity index (χ3n) is 7.79.